The zero-order valence-corrected chi connectivity index (χ0v) is 11.1. The van der Waals surface area contributed by atoms with Crippen LogP contribution in [-0.2, 0) is 4.79 Å². The van der Waals surface area contributed by atoms with Gasteiger partial charge in [-0.25, -0.2) is 0 Å². The number of rotatable bonds is 5. The summed E-state index contributed by atoms with van der Waals surface area (Å²) in [7, 11) is 1.94. The van der Waals surface area contributed by atoms with Crippen LogP contribution in [0.15, 0.2) is 24.3 Å². The zero-order valence-electron chi connectivity index (χ0n) is 11.1. The Bertz CT molecular complexity index is 433. The molecule has 0 fully saturated rings. The number of nitrogens with one attached hydrogen (secondary N) is 1. The molecule has 1 amide bonds. The van der Waals surface area contributed by atoms with Gasteiger partial charge in [0, 0.05) is 5.69 Å². The SMILES string of the molecule is CCCN(C)C(C)C(=O)Nc1ccc(C#N)cc1. The number of carbonyl (C=O) groups is 1. The molecule has 1 rings (SSSR count). The molecular weight excluding hydrogens is 226 g/mol. The van der Waals surface area contributed by atoms with Gasteiger partial charge in [0.1, 0.15) is 0 Å². The Hall–Kier alpha value is -1.86. The van der Waals surface area contributed by atoms with Gasteiger partial charge in [0.25, 0.3) is 0 Å². The van der Waals surface area contributed by atoms with Crippen LogP contribution in [0.25, 0.3) is 0 Å². The number of nitrogens with zero attached hydrogens (tertiary/aromatic N) is 2. The molecule has 18 heavy (non-hydrogen) atoms. The topological polar surface area (TPSA) is 56.1 Å². The van der Waals surface area contributed by atoms with Crippen LogP contribution in [0.3, 0.4) is 0 Å². The van der Waals surface area contributed by atoms with Gasteiger partial charge in [0.15, 0.2) is 0 Å². The fourth-order valence-electron chi connectivity index (χ4n) is 1.62. The van der Waals surface area contributed by atoms with Crippen molar-refractivity contribution < 1.29 is 4.79 Å². The Balaban J connectivity index is 2.61. The summed E-state index contributed by atoms with van der Waals surface area (Å²) < 4.78 is 0. The van der Waals surface area contributed by atoms with Gasteiger partial charge in [-0.05, 0) is 51.2 Å². The van der Waals surface area contributed by atoms with Gasteiger partial charge in [0.2, 0.25) is 5.91 Å². The van der Waals surface area contributed by atoms with Crippen LogP contribution >= 0.6 is 0 Å². The number of hydrogen-bond donors (Lipinski definition) is 1. The van der Waals surface area contributed by atoms with Crippen LogP contribution in [0.1, 0.15) is 25.8 Å². The van der Waals surface area contributed by atoms with Gasteiger partial charge >= 0.3 is 0 Å². The van der Waals surface area contributed by atoms with Gasteiger partial charge in [-0.2, -0.15) is 5.26 Å². The minimum absolute atomic E-state index is 0.0318. The summed E-state index contributed by atoms with van der Waals surface area (Å²) in [6, 6.07) is 8.74. The summed E-state index contributed by atoms with van der Waals surface area (Å²) in [4.78, 5) is 14.0. The third-order valence-corrected chi connectivity index (χ3v) is 2.90. The zero-order chi connectivity index (χ0) is 13.5. The molecule has 1 aromatic carbocycles. The van der Waals surface area contributed by atoms with Crippen molar-refractivity contribution in [1.82, 2.24) is 4.90 Å². The highest BCUT2D eigenvalue weighted by molar-refractivity contribution is 5.94. The molecule has 0 aliphatic heterocycles. The fourth-order valence-corrected chi connectivity index (χ4v) is 1.62. The standard InChI is InChI=1S/C14H19N3O/c1-4-9-17(3)11(2)14(18)16-13-7-5-12(10-15)6-8-13/h5-8,11H,4,9H2,1-3H3,(H,16,18). The highest BCUT2D eigenvalue weighted by atomic mass is 16.2. The lowest BCUT2D eigenvalue weighted by molar-refractivity contribution is -0.120. The minimum atomic E-state index is -0.166. The van der Waals surface area contributed by atoms with Gasteiger partial charge in [-0.15, -0.1) is 0 Å². The van der Waals surface area contributed by atoms with Crippen molar-refractivity contribution in [3.63, 3.8) is 0 Å². The van der Waals surface area contributed by atoms with Crippen LogP contribution < -0.4 is 5.32 Å². The monoisotopic (exact) mass is 245 g/mol. The number of benzene rings is 1. The molecule has 0 heterocycles. The van der Waals surface area contributed by atoms with E-state index in [-0.39, 0.29) is 11.9 Å². The Kier molecular flexibility index (Phi) is 5.34. The first-order valence-electron chi connectivity index (χ1n) is 6.09. The minimum Gasteiger partial charge on any atom is -0.325 e. The normalized spacial score (nSPS) is 11.9. The van der Waals surface area contributed by atoms with Gasteiger partial charge < -0.3 is 5.32 Å². The third kappa shape index (κ3) is 3.86. The highest BCUT2D eigenvalue weighted by Crippen LogP contribution is 2.10. The molecule has 0 saturated heterocycles. The number of likely N-dealkylation sites (N-methyl/N-ethyl adjacent to an activating group) is 1. The molecule has 0 aliphatic carbocycles. The van der Waals surface area contributed by atoms with Crippen molar-refractivity contribution in [1.29, 1.82) is 5.26 Å². The number of hydrogen-bond acceptors (Lipinski definition) is 3. The Morgan fingerprint density at radius 2 is 2.06 bits per heavy atom. The van der Waals surface area contributed by atoms with Crippen molar-refractivity contribution in [2.24, 2.45) is 0 Å². The van der Waals surface area contributed by atoms with Crippen molar-refractivity contribution in [3.05, 3.63) is 29.8 Å². The lowest BCUT2D eigenvalue weighted by atomic mass is 10.2. The van der Waals surface area contributed by atoms with Crippen molar-refractivity contribution in [2.45, 2.75) is 26.3 Å². The van der Waals surface area contributed by atoms with E-state index in [0.29, 0.717) is 5.56 Å². The second kappa shape index (κ2) is 6.77. The molecule has 0 radical (unpaired) electrons. The first kappa shape index (κ1) is 14.2. The second-order valence-corrected chi connectivity index (χ2v) is 4.33. The first-order valence-corrected chi connectivity index (χ1v) is 6.09. The molecule has 1 atom stereocenters. The largest absolute Gasteiger partial charge is 0.325 e. The summed E-state index contributed by atoms with van der Waals surface area (Å²) >= 11 is 0. The summed E-state index contributed by atoms with van der Waals surface area (Å²) in [5, 5.41) is 11.5. The second-order valence-electron chi connectivity index (χ2n) is 4.33. The third-order valence-electron chi connectivity index (χ3n) is 2.90. The number of amides is 1. The fraction of sp³-hybridized carbons (Fsp3) is 0.429. The summed E-state index contributed by atoms with van der Waals surface area (Å²) in [6.07, 6.45) is 1.02. The van der Waals surface area contributed by atoms with Gasteiger partial charge in [-0.1, -0.05) is 6.92 Å². The summed E-state index contributed by atoms with van der Waals surface area (Å²) in [5.41, 5.74) is 1.31. The van der Waals surface area contributed by atoms with E-state index >= 15 is 0 Å². The molecule has 4 nitrogen and oxygen atoms in total. The van der Waals surface area contributed by atoms with Crippen LogP contribution in [0, 0.1) is 11.3 Å². The van der Waals surface area contributed by atoms with Crippen molar-refractivity contribution in [3.8, 4) is 6.07 Å². The van der Waals surface area contributed by atoms with Gasteiger partial charge in [0.05, 0.1) is 17.7 Å². The Morgan fingerprint density at radius 1 is 1.44 bits per heavy atom. The van der Waals surface area contributed by atoms with E-state index in [0.717, 1.165) is 18.7 Å². The lowest BCUT2D eigenvalue weighted by Crippen LogP contribution is -2.39. The summed E-state index contributed by atoms with van der Waals surface area (Å²) in [6.45, 7) is 4.86. The quantitative estimate of drug-likeness (QED) is 0.865. The maximum Gasteiger partial charge on any atom is 0.241 e. The first-order chi connectivity index (χ1) is 8.58. The molecule has 96 valence electrons. The van der Waals surface area contributed by atoms with E-state index in [1.807, 2.05) is 24.9 Å². The smallest absolute Gasteiger partial charge is 0.241 e. The van der Waals surface area contributed by atoms with Crippen molar-refractivity contribution in [2.75, 3.05) is 18.9 Å². The number of carbonyl (C=O) groups excluding carboxylic acids is 1. The molecule has 1 unspecified atom stereocenters. The predicted molar refractivity (Wildman–Crippen MR) is 72.2 cm³/mol. The van der Waals surface area contributed by atoms with Crippen LogP contribution in [0.4, 0.5) is 5.69 Å². The molecule has 0 bridgehead atoms. The van der Waals surface area contributed by atoms with E-state index in [2.05, 4.69) is 12.2 Å². The maximum atomic E-state index is 12.0. The molecule has 4 heteroatoms. The Morgan fingerprint density at radius 3 is 2.56 bits per heavy atom. The predicted octanol–water partition coefficient (Wildman–Crippen LogP) is 2.23. The molecule has 1 N–H and O–H groups in total. The molecule has 1 aromatic rings. The van der Waals surface area contributed by atoms with Gasteiger partial charge in [-0.3, -0.25) is 9.69 Å². The summed E-state index contributed by atoms with van der Waals surface area (Å²) in [5.74, 6) is -0.0318. The maximum absolute atomic E-state index is 12.0. The molecule has 0 saturated carbocycles. The molecule has 0 aromatic heterocycles. The number of anilines is 1. The van der Waals surface area contributed by atoms with Crippen LogP contribution in [-0.4, -0.2) is 30.4 Å². The lowest BCUT2D eigenvalue weighted by Gasteiger charge is -2.23. The molecular formula is C14H19N3O. The van der Waals surface area contributed by atoms with E-state index < -0.39 is 0 Å². The Labute approximate surface area is 108 Å². The highest BCUT2D eigenvalue weighted by Gasteiger charge is 2.17. The average Bonchev–Trinajstić information content (AvgIpc) is 2.39. The van der Waals surface area contributed by atoms with Crippen LogP contribution in [0.2, 0.25) is 0 Å². The van der Waals surface area contributed by atoms with E-state index in [9.17, 15) is 4.79 Å². The van der Waals surface area contributed by atoms with Crippen LogP contribution in [0.5, 0.6) is 0 Å². The van der Waals surface area contributed by atoms with Crippen molar-refractivity contribution >= 4 is 11.6 Å². The van der Waals surface area contributed by atoms with E-state index in [1.54, 1.807) is 24.3 Å². The van der Waals surface area contributed by atoms with E-state index in [1.165, 1.54) is 0 Å². The molecule has 0 aliphatic rings. The average molecular weight is 245 g/mol. The van der Waals surface area contributed by atoms with E-state index in [4.69, 9.17) is 5.26 Å². The molecule has 0 spiro atoms. The number of nitriles is 1.